The summed E-state index contributed by atoms with van der Waals surface area (Å²) in [6.07, 6.45) is 3.19. The highest BCUT2D eigenvalue weighted by Crippen LogP contribution is 2.34. The molecule has 0 aliphatic heterocycles. The van der Waals surface area contributed by atoms with Gasteiger partial charge in [-0.25, -0.2) is 18.6 Å². The molecule has 9 heteroatoms. The molecule has 2 aromatic heterocycles. The highest BCUT2D eigenvalue weighted by Gasteiger charge is 2.21. The standard InChI is InChI=1S/C26H24F2N4O3/c1-3-4-13-32-24-19(9-6-12-29-24)22(16-7-5-8-18(14-16)35-2)23(25(32)33)31-26(34)30-21-11-10-17(27)15-20(21)28/h5-12,14-15H,3-4,13H2,1-2H3,(H2,30,31,34). The number of fused-ring (bicyclic) bond motifs is 1. The lowest BCUT2D eigenvalue weighted by molar-refractivity contribution is 0.262. The van der Waals surface area contributed by atoms with E-state index in [-0.39, 0.29) is 11.4 Å². The van der Waals surface area contributed by atoms with Crippen molar-refractivity contribution in [3.8, 4) is 16.9 Å². The first kappa shape index (κ1) is 23.9. The van der Waals surface area contributed by atoms with Gasteiger partial charge in [0.25, 0.3) is 5.56 Å². The number of methoxy groups -OCH3 is 1. The first-order chi connectivity index (χ1) is 16.9. The number of carbonyl (C=O) groups excluding carboxylic acids is 1. The molecule has 0 spiro atoms. The third-order valence-electron chi connectivity index (χ3n) is 5.53. The fourth-order valence-corrected chi connectivity index (χ4v) is 3.86. The van der Waals surface area contributed by atoms with E-state index in [1.807, 2.05) is 13.0 Å². The zero-order valence-corrected chi connectivity index (χ0v) is 19.3. The molecule has 0 unspecified atom stereocenters. The number of aryl methyl sites for hydroxylation is 1. The summed E-state index contributed by atoms with van der Waals surface area (Å²) >= 11 is 0. The molecule has 2 amide bonds. The Kier molecular flexibility index (Phi) is 7.05. The van der Waals surface area contributed by atoms with Gasteiger partial charge in [0, 0.05) is 29.8 Å². The van der Waals surface area contributed by atoms with E-state index in [1.54, 1.807) is 36.5 Å². The average molecular weight is 478 g/mol. The molecule has 2 N–H and O–H groups in total. The molecule has 0 saturated carbocycles. The monoisotopic (exact) mass is 478 g/mol. The maximum atomic E-state index is 14.1. The molecule has 0 atom stereocenters. The van der Waals surface area contributed by atoms with Crippen LogP contribution in [0.15, 0.2) is 65.6 Å². The van der Waals surface area contributed by atoms with E-state index in [1.165, 1.54) is 11.7 Å². The second kappa shape index (κ2) is 10.3. The molecule has 2 aromatic carbocycles. The molecular weight excluding hydrogens is 454 g/mol. The summed E-state index contributed by atoms with van der Waals surface area (Å²) in [5.41, 5.74) is 0.914. The Labute approximate surface area is 200 Å². The smallest absolute Gasteiger partial charge is 0.323 e. The third kappa shape index (κ3) is 4.98. The van der Waals surface area contributed by atoms with Crippen molar-refractivity contribution in [1.82, 2.24) is 9.55 Å². The fourth-order valence-electron chi connectivity index (χ4n) is 3.86. The van der Waals surface area contributed by atoms with Gasteiger partial charge in [0.1, 0.15) is 28.7 Å². The molecule has 0 fully saturated rings. The van der Waals surface area contributed by atoms with Crippen LogP contribution in [0.1, 0.15) is 19.8 Å². The van der Waals surface area contributed by atoms with Crippen LogP contribution in [0.3, 0.4) is 0 Å². The summed E-state index contributed by atoms with van der Waals surface area (Å²) in [7, 11) is 1.53. The van der Waals surface area contributed by atoms with E-state index in [0.29, 0.717) is 40.5 Å². The number of nitrogens with zero attached hydrogens (tertiary/aromatic N) is 2. The Hall–Kier alpha value is -4.27. The molecule has 7 nitrogen and oxygen atoms in total. The number of hydrogen-bond donors (Lipinski definition) is 2. The van der Waals surface area contributed by atoms with Crippen LogP contribution in [0, 0.1) is 11.6 Å². The number of ether oxygens (including phenoxy) is 1. The van der Waals surface area contributed by atoms with Crippen LogP contribution >= 0.6 is 0 Å². The highest BCUT2D eigenvalue weighted by atomic mass is 19.1. The average Bonchev–Trinajstić information content (AvgIpc) is 2.86. The first-order valence-electron chi connectivity index (χ1n) is 11.1. The zero-order chi connectivity index (χ0) is 24.9. The number of benzene rings is 2. The number of pyridine rings is 2. The van der Waals surface area contributed by atoms with Crippen LogP contribution in [-0.4, -0.2) is 22.7 Å². The van der Waals surface area contributed by atoms with Gasteiger partial charge in [0.05, 0.1) is 12.8 Å². The van der Waals surface area contributed by atoms with Gasteiger partial charge in [-0.3, -0.25) is 9.36 Å². The summed E-state index contributed by atoms with van der Waals surface area (Å²) in [6, 6.07) is 12.6. The first-order valence-corrected chi connectivity index (χ1v) is 11.1. The quantitative estimate of drug-likeness (QED) is 0.352. The summed E-state index contributed by atoms with van der Waals surface area (Å²) in [6.45, 7) is 2.42. The van der Waals surface area contributed by atoms with E-state index >= 15 is 0 Å². The number of carbonyl (C=O) groups is 1. The van der Waals surface area contributed by atoms with Crippen LogP contribution in [0.25, 0.3) is 22.2 Å². The summed E-state index contributed by atoms with van der Waals surface area (Å²) in [5, 5.41) is 5.60. The predicted molar refractivity (Wildman–Crippen MR) is 132 cm³/mol. The summed E-state index contributed by atoms with van der Waals surface area (Å²) in [4.78, 5) is 31.0. The van der Waals surface area contributed by atoms with E-state index in [0.717, 1.165) is 25.0 Å². The predicted octanol–water partition coefficient (Wildman–Crippen LogP) is 5.79. The Morgan fingerprint density at radius 3 is 2.66 bits per heavy atom. The Bertz CT molecular complexity index is 1450. The molecule has 0 saturated heterocycles. The molecular formula is C26H24F2N4O3. The molecule has 2 heterocycles. The van der Waals surface area contributed by atoms with Gasteiger partial charge in [0.2, 0.25) is 0 Å². The minimum absolute atomic E-state index is 0.00914. The van der Waals surface area contributed by atoms with Crippen molar-refractivity contribution in [2.45, 2.75) is 26.3 Å². The van der Waals surface area contributed by atoms with Gasteiger partial charge in [-0.15, -0.1) is 0 Å². The van der Waals surface area contributed by atoms with E-state index < -0.39 is 23.2 Å². The molecule has 0 aliphatic rings. The van der Waals surface area contributed by atoms with Crippen LogP contribution in [0.4, 0.5) is 25.0 Å². The van der Waals surface area contributed by atoms with Gasteiger partial charge in [-0.1, -0.05) is 25.5 Å². The van der Waals surface area contributed by atoms with Crippen molar-refractivity contribution in [1.29, 1.82) is 0 Å². The fraction of sp³-hybridized carbons (Fsp3) is 0.192. The van der Waals surface area contributed by atoms with Crippen LogP contribution in [-0.2, 0) is 6.54 Å². The maximum Gasteiger partial charge on any atom is 0.323 e. The van der Waals surface area contributed by atoms with Crippen LogP contribution < -0.4 is 20.9 Å². The second-order valence-corrected chi connectivity index (χ2v) is 7.87. The van der Waals surface area contributed by atoms with Gasteiger partial charge < -0.3 is 15.4 Å². The maximum absolute atomic E-state index is 14.1. The van der Waals surface area contributed by atoms with Gasteiger partial charge >= 0.3 is 6.03 Å². The normalized spacial score (nSPS) is 10.9. The van der Waals surface area contributed by atoms with Crippen molar-refractivity contribution < 1.29 is 18.3 Å². The third-order valence-corrected chi connectivity index (χ3v) is 5.53. The molecule has 0 bridgehead atoms. The van der Waals surface area contributed by atoms with Gasteiger partial charge in [-0.05, 0) is 48.4 Å². The van der Waals surface area contributed by atoms with Crippen molar-refractivity contribution in [3.63, 3.8) is 0 Å². The number of aromatic nitrogens is 2. The lowest BCUT2D eigenvalue weighted by atomic mass is 10.00. The number of amides is 2. The second-order valence-electron chi connectivity index (χ2n) is 7.87. The lowest BCUT2D eigenvalue weighted by Crippen LogP contribution is -2.30. The highest BCUT2D eigenvalue weighted by molar-refractivity contribution is 6.07. The molecule has 0 radical (unpaired) electrons. The lowest BCUT2D eigenvalue weighted by Gasteiger charge is -2.18. The SMILES string of the molecule is CCCCn1c(=O)c(NC(=O)Nc2ccc(F)cc2F)c(-c2cccc(OC)c2)c2cccnc21. The van der Waals surface area contributed by atoms with E-state index in [4.69, 9.17) is 4.74 Å². The van der Waals surface area contributed by atoms with Crippen molar-refractivity contribution in [2.24, 2.45) is 0 Å². The largest absolute Gasteiger partial charge is 0.497 e. The van der Waals surface area contributed by atoms with E-state index in [2.05, 4.69) is 15.6 Å². The zero-order valence-electron chi connectivity index (χ0n) is 19.3. The number of rotatable bonds is 7. The number of nitrogens with one attached hydrogen (secondary N) is 2. The molecule has 0 aliphatic carbocycles. The summed E-state index contributed by atoms with van der Waals surface area (Å²) in [5.74, 6) is -1.13. The number of unbranched alkanes of at least 4 members (excludes halogenated alkanes) is 1. The number of halogens is 2. The number of anilines is 2. The summed E-state index contributed by atoms with van der Waals surface area (Å²) < 4.78 is 34.2. The minimum atomic E-state index is -0.934. The van der Waals surface area contributed by atoms with Crippen LogP contribution in [0.2, 0.25) is 0 Å². The number of hydrogen-bond acceptors (Lipinski definition) is 4. The Morgan fingerprint density at radius 2 is 1.91 bits per heavy atom. The molecule has 180 valence electrons. The van der Waals surface area contributed by atoms with E-state index in [9.17, 15) is 18.4 Å². The topological polar surface area (TPSA) is 85.2 Å². The molecule has 4 rings (SSSR count). The molecule has 35 heavy (non-hydrogen) atoms. The number of urea groups is 1. The van der Waals surface area contributed by atoms with Gasteiger partial charge in [-0.2, -0.15) is 0 Å². The minimum Gasteiger partial charge on any atom is -0.497 e. The Morgan fingerprint density at radius 1 is 1.09 bits per heavy atom. The van der Waals surface area contributed by atoms with Crippen molar-refractivity contribution in [3.05, 3.63) is 82.8 Å². The van der Waals surface area contributed by atoms with Crippen molar-refractivity contribution >= 4 is 28.4 Å². The van der Waals surface area contributed by atoms with Crippen LogP contribution in [0.5, 0.6) is 5.75 Å². The Balaban J connectivity index is 1.88. The molecule has 4 aromatic rings. The van der Waals surface area contributed by atoms with Gasteiger partial charge in [0.15, 0.2) is 0 Å². The van der Waals surface area contributed by atoms with Crippen molar-refractivity contribution in [2.75, 3.05) is 17.7 Å².